The van der Waals surface area contributed by atoms with Crippen LogP contribution >= 0.6 is 11.3 Å². The van der Waals surface area contributed by atoms with Crippen LogP contribution in [-0.2, 0) is 13.1 Å². The zero-order chi connectivity index (χ0) is 19.0. The molecule has 0 N–H and O–H groups in total. The van der Waals surface area contributed by atoms with Crippen molar-refractivity contribution in [2.24, 2.45) is 0 Å². The van der Waals surface area contributed by atoms with Crippen LogP contribution in [0.2, 0.25) is 0 Å². The van der Waals surface area contributed by atoms with Crippen LogP contribution in [0.5, 0.6) is 5.75 Å². The summed E-state index contributed by atoms with van der Waals surface area (Å²) in [7, 11) is 1.93. The van der Waals surface area contributed by atoms with Crippen molar-refractivity contribution in [3.8, 4) is 5.75 Å². The number of ether oxygens (including phenoxy) is 1. The van der Waals surface area contributed by atoms with Gasteiger partial charge in [0.15, 0.2) is 16.5 Å². The summed E-state index contributed by atoms with van der Waals surface area (Å²) in [6, 6.07) is 13.9. The van der Waals surface area contributed by atoms with Gasteiger partial charge in [0.2, 0.25) is 11.6 Å². The van der Waals surface area contributed by atoms with Crippen molar-refractivity contribution < 1.29 is 21.7 Å². The lowest BCUT2D eigenvalue weighted by Crippen LogP contribution is -3.00. The van der Waals surface area contributed by atoms with Gasteiger partial charge in [-0.1, -0.05) is 12.1 Å². The highest BCUT2D eigenvalue weighted by atomic mass is 35.5. The molecule has 1 aromatic carbocycles. The molecule has 7 heteroatoms. The number of rotatable bonds is 3. The van der Waals surface area contributed by atoms with E-state index in [9.17, 15) is 4.79 Å². The molecule has 28 heavy (non-hydrogen) atoms. The van der Waals surface area contributed by atoms with E-state index in [1.807, 2.05) is 61.5 Å². The summed E-state index contributed by atoms with van der Waals surface area (Å²) in [4.78, 5) is 15.0. The van der Waals surface area contributed by atoms with Crippen LogP contribution in [0.4, 0.5) is 5.69 Å². The largest absolute Gasteiger partial charge is 1.00 e. The van der Waals surface area contributed by atoms with Gasteiger partial charge < -0.3 is 22.0 Å². The molecule has 0 fully saturated rings. The third-order valence-electron chi connectivity index (χ3n) is 4.75. The molecular weight excluding hydrogens is 394 g/mol. The minimum Gasteiger partial charge on any atom is -1.00 e. The van der Waals surface area contributed by atoms with Crippen LogP contribution in [0.25, 0.3) is 12.0 Å². The summed E-state index contributed by atoms with van der Waals surface area (Å²) in [6.07, 6.45) is 4.12. The molecule has 0 unspecified atom stereocenters. The number of aromatic nitrogens is 2. The predicted octanol–water partition coefficient (Wildman–Crippen LogP) is -1.34. The molecule has 3 heterocycles. The van der Waals surface area contributed by atoms with Gasteiger partial charge in [-0.25, -0.2) is 0 Å². The van der Waals surface area contributed by atoms with Crippen LogP contribution in [0.3, 0.4) is 0 Å². The summed E-state index contributed by atoms with van der Waals surface area (Å²) in [6.45, 7) is 5.59. The van der Waals surface area contributed by atoms with Crippen LogP contribution in [0, 0.1) is 0 Å². The zero-order valence-electron chi connectivity index (χ0n) is 16.1. The van der Waals surface area contributed by atoms with Crippen molar-refractivity contribution in [3.63, 3.8) is 0 Å². The van der Waals surface area contributed by atoms with Crippen molar-refractivity contribution in [3.05, 3.63) is 73.9 Å². The molecule has 3 aromatic rings. The second-order valence-electron chi connectivity index (χ2n) is 6.31. The fourth-order valence-corrected chi connectivity index (χ4v) is 4.48. The zero-order valence-corrected chi connectivity index (χ0v) is 17.6. The molecule has 0 spiro atoms. The highest BCUT2D eigenvalue weighted by molar-refractivity contribution is 7.07. The molecule has 146 valence electrons. The van der Waals surface area contributed by atoms with Crippen LogP contribution in [0.15, 0.2) is 53.5 Å². The fraction of sp³-hybridized carbons (Fsp3) is 0.238. The number of thiazole rings is 1. The van der Waals surface area contributed by atoms with Gasteiger partial charge in [0.1, 0.15) is 11.2 Å². The number of benzene rings is 1. The number of fused-ring (bicyclic) bond motifs is 1. The maximum Gasteiger partial charge on any atom is 0.274 e. The first-order valence-electron chi connectivity index (χ1n) is 9.08. The molecule has 1 aliphatic rings. The molecule has 0 bridgehead atoms. The van der Waals surface area contributed by atoms with Gasteiger partial charge in [-0.05, 0) is 32.0 Å². The van der Waals surface area contributed by atoms with Gasteiger partial charge >= 0.3 is 0 Å². The molecule has 0 amide bonds. The molecule has 0 atom stereocenters. The summed E-state index contributed by atoms with van der Waals surface area (Å²) in [5, 5.41) is 0. The average Bonchev–Trinajstić information content (AvgIpc) is 3.19. The maximum absolute atomic E-state index is 13.1. The highest BCUT2D eigenvalue weighted by Crippen LogP contribution is 2.37. The number of anilines is 1. The van der Waals surface area contributed by atoms with E-state index in [1.165, 1.54) is 11.3 Å². The molecule has 2 aromatic heterocycles. The smallest absolute Gasteiger partial charge is 0.274 e. The number of halogens is 1. The van der Waals surface area contributed by atoms with Gasteiger partial charge in [-0.15, -0.1) is 11.3 Å². The van der Waals surface area contributed by atoms with Crippen molar-refractivity contribution in [1.82, 2.24) is 4.57 Å². The quantitative estimate of drug-likeness (QED) is 0.497. The normalized spacial score (nSPS) is 15.2. The van der Waals surface area contributed by atoms with Crippen molar-refractivity contribution >= 4 is 29.0 Å². The number of hydrogen-bond donors (Lipinski definition) is 0. The number of para-hydroxylation sites is 2. The third kappa shape index (κ3) is 3.34. The Morgan fingerprint density at radius 3 is 2.61 bits per heavy atom. The highest BCUT2D eigenvalue weighted by Gasteiger charge is 2.25. The Hall–Kier alpha value is -2.57. The minimum absolute atomic E-state index is 0. The van der Waals surface area contributed by atoms with Crippen LogP contribution in [0.1, 0.15) is 19.5 Å². The summed E-state index contributed by atoms with van der Waals surface area (Å²) >= 11 is 1.47. The number of pyridine rings is 1. The second kappa shape index (κ2) is 8.20. The predicted molar refractivity (Wildman–Crippen MR) is 108 cm³/mol. The van der Waals surface area contributed by atoms with Gasteiger partial charge in [-0.2, -0.15) is 4.57 Å². The van der Waals surface area contributed by atoms with Gasteiger partial charge in [0.25, 0.3) is 5.56 Å². The SMILES string of the molecule is CCn1c(=O)/c(=C2\Oc3ccccc3N2C)s/c1=C\c1cccc[n+]1CC.[Cl-]. The van der Waals surface area contributed by atoms with E-state index in [4.69, 9.17) is 4.74 Å². The summed E-state index contributed by atoms with van der Waals surface area (Å²) in [5.74, 6) is 1.38. The van der Waals surface area contributed by atoms with E-state index in [-0.39, 0.29) is 18.0 Å². The first-order valence-corrected chi connectivity index (χ1v) is 9.90. The van der Waals surface area contributed by atoms with E-state index in [1.54, 1.807) is 4.57 Å². The van der Waals surface area contributed by atoms with Gasteiger partial charge in [0, 0.05) is 31.8 Å². The fourth-order valence-electron chi connectivity index (χ4n) is 3.30. The lowest BCUT2D eigenvalue weighted by atomic mass is 10.3. The molecule has 0 radical (unpaired) electrons. The Kier molecular flexibility index (Phi) is 5.91. The maximum atomic E-state index is 13.1. The molecule has 5 nitrogen and oxygen atoms in total. The lowest BCUT2D eigenvalue weighted by molar-refractivity contribution is -0.695. The molecule has 0 saturated carbocycles. The summed E-state index contributed by atoms with van der Waals surface area (Å²) < 4.78 is 11.5. The van der Waals surface area contributed by atoms with E-state index in [0.717, 1.165) is 28.3 Å². The lowest BCUT2D eigenvalue weighted by Gasteiger charge is -2.09. The number of nitrogens with zero attached hydrogens (tertiary/aromatic N) is 3. The van der Waals surface area contributed by atoms with Gasteiger partial charge in [0.05, 0.1) is 5.69 Å². The Morgan fingerprint density at radius 1 is 1.14 bits per heavy atom. The molecule has 0 aliphatic carbocycles. The molecular formula is C21H22ClN3O2S. The van der Waals surface area contributed by atoms with Crippen LogP contribution < -0.4 is 41.4 Å². The summed E-state index contributed by atoms with van der Waals surface area (Å²) in [5.41, 5.74) is 2.03. The molecule has 0 saturated heterocycles. The number of aryl methyl sites for hydroxylation is 1. The Labute approximate surface area is 173 Å². The van der Waals surface area contributed by atoms with Crippen LogP contribution in [-0.4, -0.2) is 11.6 Å². The molecule has 4 rings (SSSR count). The monoisotopic (exact) mass is 415 g/mol. The molecule has 1 aliphatic heterocycles. The first-order chi connectivity index (χ1) is 13.1. The van der Waals surface area contributed by atoms with E-state index >= 15 is 0 Å². The number of hydrogen-bond acceptors (Lipinski definition) is 4. The van der Waals surface area contributed by atoms with Crippen molar-refractivity contribution in [2.75, 3.05) is 11.9 Å². The second-order valence-corrected chi connectivity index (χ2v) is 7.34. The Morgan fingerprint density at radius 2 is 1.89 bits per heavy atom. The minimum atomic E-state index is -0.0117. The standard InChI is InChI=1S/C21H22N3O2S.ClH/c1-4-23-13-9-8-10-15(23)14-18-24(5-2)20(25)19(27-18)21-22(3)16-11-6-7-12-17(16)26-21;/h6-14H,4-5H2,1-3H3;1H/q+1;/p-1/b21-19+;. The Bertz CT molecular complexity index is 1180. The van der Waals surface area contributed by atoms with Gasteiger partial charge in [-0.3, -0.25) is 9.36 Å². The average molecular weight is 416 g/mol. The Balaban J connectivity index is 0.00000225. The third-order valence-corrected chi connectivity index (χ3v) is 5.85. The van der Waals surface area contributed by atoms with E-state index in [0.29, 0.717) is 17.0 Å². The van der Waals surface area contributed by atoms with Crippen molar-refractivity contribution in [2.45, 2.75) is 26.9 Å². The van der Waals surface area contributed by atoms with E-state index in [2.05, 4.69) is 23.6 Å². The first kappa shape index (κ1) is 20.2. The topological polar surface area (TPSA) is 38.4 Å². The van der Waals surface area contributed by atoms with Crippen molar-refractivity contribution in [1.29, 1.82) is 0 Å². The van der Waals surface area contributed by atoms with E-state index < -0.39 is 0 Å².